The largest absolute Gasteiger partial charge is 0.490 e. The molecule has 1 aromatic rings. The summed E-state index contributed by atoms with van der Waals surface area (Å²) in [7, 11) is 4.15. The van der Waals surface area contributed by atoms with Crippen molar-refractivity contribution in [1.29, 1.82) is 0 Å². The van der Waals surface area contributed by atoms with Gasteiger partial charge in [0.05, 0.1) is 12.1 Å². The smallest absolute Gasteiger partial charge is 0.480 e. The van der Waals surface area contributed by atoms with Crippen molar-refractivity contribution in [3.8, 4) is 0 Å². The Morgan fingerprint density at radius 2 is 1.65 bits per heavy atom. The molecule has 0 bridgehead atoms. The van der Waals surface area contributed by atoms with Crippen molar-refractivity contribution >= 4 is 23.7 Å². The molecule has 1 aromatic carbocycles. The molecule has 0 radical (unpaired) electrons. The lowest BCUT2D eigenvalue weighted by atomic mass is 9.78. The highest BCUT2D eigenvalue weighted by molar-refractivity contribution is 5.97. The number of hydrogen-bond acceptors (Lipinski definition) is 4. The second-order valence-electron chi connectivity index (χ2n) is 7.91. The van der Waals surface area contributed by atoms with Crippen molar-refractivity contribution in [1.82, 2.24) is 9.80 Å². The minimum absolute atomic E-state index is 0.188. The Balaban J connectivity index is 0.000000423. The van der Waals surface area contributed by atoms with Crippen molar-refractivity contribution in [2.24, 2.45) is 0 Å². The number of anilines is 1. The Bertz CT molecular complexity index is 793. The van der Waals surface area contributed by atoms with Gasteiger partial charge in [0.25, 0.3) is 0 Å². The molecule has 0 atom stereocenters. The molecule has 1 aliphatic carbocycles. The van der Waals surface area contributed by atoms with Gasteiger partial charge in [-0.25, -0.2) is 9.59 Å². The number of halogens is 3. The highest BCUT2D eigenvalue weighted by atomic mass is 19.4. The van der Waals surface area contributed by atoms with E-state index in [9.17, 15) is 27.9 Å². The number of carboxylic acids is 2. The van der Waals surface area contributed by atoms with Gasteiger partial charge in [0.1, 0.15) is 6.54 Å². The summed E-state index contributed by atoms with van der Waals surface area (Å²) < 4.78 is 31.7. The summed E-state index contributed by atoms with van der Waals surface area (Å²) in [5, 5.41) is 16.4. The molecule has 1 saturated heterocycles. The minimum Gasteiger partial charge on any atom is -0.480 e. The van der Waals surface area contributed by atoms with E-state index in [0.717, 1.165) is 31.4 Å². The predicted molar refractivity (Wildman–Crippen MR) is 106 cm³/mol. The first-order valence-corrected chi connectivity index (χ1v) is 9.70. The van der Waals surface area contributed by atoms with Crippen LogP contribution in [0.2, 0.25) is 0 Å². The molecular weight excluding hydrogens is 419 g/mol. The van der Waals surface area contributed by atoms with Crippen LogP contribution in [0.15, 0.2) is 30.3 Å². The summed E-state index contributed by atoms with van der Waals surface area (Å²) in [6, 6.07) is 9.84. The number of benzene rings is 1. The van der Waals surface area contributed by atoms with E-state index >= 15 is 0 Å². The lowest BCUT2D eigenvalue weighted by molar-refractivity contribution is -0.192. The number of hydrogen-bond donors (Lipinski definition) is 2. The minimum atomic E-state index is -5.08. The van der Waals surface area contributed by atoms with E-state index in [1.807, 2.05) is 30.3 Å². The molecule has 3 rings (SSSR count). The fourth-order valence-electron chi connectivity index (χ4n) is 4.06. The zero-order valence-electron chi connectivity index (χ0n) is 17.3. The van der Waals surface area contributed by atoms with Crippen LogP contribution in [-0.2, 0) is 9.59 Å². The molecule has 2 fully saturated rings. The van der Waals surface area contributed by atoms with Crippen LogP contribution in [0.1, 0.15) is 25.7 Å². The zero-order chi connectivity index (χ0) is 23.4. The molecule has 0 unspecified atom stereocenters. The van der Waals surface area contributed by atoms with E-state index in [2.05, 4.69) is 19.0 Å². The number of rotatable bonds is 4. The lowest BCUT2D eigenvalue weighted by Crippen LogP contribution is -2.53. The Hall–Kier alpha value is -2.82. The van der Waals surface area contributed by atoms with Crippen molar-refractivity contribution < 1.29 is 37.8 Å². The average Bonchev–Trinajstić information content (AvgIpc) is 2.94. The third-order valence-electron chi connectivity index (χ3n) is 5.71. The zero-order valence-corrected chi connectivity index (χ0v) is 17.3. The molecule has 2 aliphatic rings. The summed E-state index contributed by atoms with van der Waals surface area (Å²) in [6.07, 6.45) is -1.42. The number of para-hydroxylation sites is 1. The Morgan fingerprint density at radius 1 is 1.13 bits per heavy atom. The van der Waals surface area contributed by atoms with Crippen LogP contribution in [0.25, 0.3) is 0 Å². The number of carboxylic acid groups (broad SMARTS) is 2. The molecule has 2 amide bonds. The van der Waals surface area contributed by atoms with E-state index in [1.165, 1.54) is 0 Å². The molecule has 0 aromatic heterocycles. The molecule has 172 valence electrons. The molecule has 11 heteroatoms. The van der Waals surface area contributed by atoms with Crippen LogP contribution in [0, 0.1) is 0 Å². The van der Waals surface area contributed by atoms with E-state index in [0.29, 0.717) is 12.6 Å². The fourth-order valence-corrected chi connectivity index (χ4v) is 4.06. The first kappa shape index (κ1) is 24.4. The van der Waals surface area contributed by atoms with Crippen molar-refractivity contribution in [2.75, 3.05) is 32.1 Å². The van der Waals surface area contributed by atoms with Gasteiger partial charge in [-0.05, 0) is 51.9 Å². The number of alkyl halides is 3. The van der Waals surface area contributed by atoms with Crippen molar-refractivity contribution in [2.45, 2.75) is 43.4 Å². The third-order valence-corrected chi connectivity index (χ3v) is 5.71. The monoisotopic (exact) mass is 445 g/mol. The highest BCUT2D eigenvalue weighted by Gasteiger charge is 2.52. The number of nitrogens with zero attached hydrogens (tertiary/aromatic N) is 3. The van der Waals surface area contributed by atoms with Crippen LogP contribution in [0.4, 0.5) is 23.7 Å². The summed E-state index contributed by atoms with van der Waals surface area (Å²) in [5.74, 6) is -3.71. The lowest BCUT2D eigenvalue weighted by Gasteiger charge is -2.43. The maximum absolute atomic E-state index is 12.9. The highest BCUT2D eigenvalue weighted by Crippen LogP contribution is 2.41. The molecule has 31 heavy (non-hydrogen) atoms. The summed E-state index contributed by atoms with van der Waals surface area (Å²) in [4.78, 5) is 38.7. The molecule has 1 saturated carbocycles. The Kier molecular flexibility index (Phi) is 7.53. The van der Waals surface area contributed by atoms with Gasteiger partial charge in [-0.2, -0.15) is 13.2 Å². The second-order valence-corrected chi connectivity index (χ2v) is 7.91. The number of aliphatic carboxylic acids is 2. The molecule has 1 heterocycles. The van der Waals surface area contributed by atoms with Gasteiger partial charge in [-0.15, -0.1) is 0 Å². The van der Waals surface area contributed by atoms with Gasteiger partial charge < -0.3 is 20.0 Å². The maximum atomic E-state index is 12.9. The first-order chi connectivity index (χ1) is 14.4. The van der Waals surface area contributed by atoms with Crippen LogP contribution in [0.5, 0.6) is 0 Å². The summed E-state index contributed by atoms with van der Waals surface area (Å²) in [6.45, 7) is 0.345. The average molecular weight is 445 g/mol. The van der Waals surface area contributed by atoms with Crippen molar-refractivity contribution in [3.05, 3.63) is 30.3 Å². The summed E-state index contributed by atoms with van der Waals surface area (Å²) in [5.41, 5.74) is 0.474. The normalized spacial score (nSPS) is 23.7. The first-order valence-electron chi connectivity index (χ1n) is 9.70. The SMILES string of the molecule is CN(C)C1CCC2(CC1)CN(c1ccccc1)C(=O)N2CC(=O)O.O=C(O)C(F)(F)F. The van der Waals surface area contributed by atoms with E-state index in [1.54, 1.807) is 9.80 Å². The Labute approximate surface area is 177 Å². The Morgan fingerprint density at radius 3 is 2.06 bits per heavy atom. The number of amides is 2. The van der Waals surface area contributed by atoms with Crippen molar-refractivity contribution in [3.63, 3.8) is 0 Å². The van der Waals surface area contributed by atoms with Crippen LogP contribution in [0.3, 0.4) is 0 Å². The quantitative estimate of drug-likeness (QED) is 0.739. The molecule has 1 aliphatic heterocycles. The number of carbonyl (C=O) groups is 3. The third kappa shape index (κ3) is 5.87. The van der Waals surface area contributed by atoms with Crippen LogP contribution < -0.4 is 4.90 Å². The van der Waals surface area contributed by atoms with Gasteiger partial charge in [-0.1, -0.05) is 18.2 Å². The van der Waals surface area contributed by atoms with Gasteiger partial charge in [0, 0.05) is 11.7 Å². The van der Waals surface area contributed by atoms with Gasteiger partial charge in [0.2, 0.25) is 0 Å². The van der Waals surface area contributed by atoms with E-state index in [4.69, 9.17) is 9.90 Å². The molecule has 8 nitrogen and oxygen atoms in total. The van der Waals surface area contributed by atoms with E-state index < -0.39 is 18.1 Å². The number of carbonyl (C=O) groups excluding carboxylic acids is 1. The maximum Gasteiger partial charge on any atom is 0.490 e. The van der Waals surface area contributed by atoms with Crippen LogP contribution >= 0.6 is 0 Å². The molecule has 2 N–H and O–H groups in total. The second kappa shape index (κ2) is 9.54. The summed E-state index contributed by atoms with van der Waals surface area (Å²) >= 11 is 0. The molecule has 1 spiro atoms. The topological polar surface area (TPSA) is 101 Å². The van der Waals surface area contributed by atoms with Gasteiger partial charge >= 0.3 is 24.1 Å². The molecular formula is C20H26F3N3O5. The fraction of sp³-hybridized carbons (Fsp3) is 0.550. The van der Waals surface area contributed by atoms with Gasteiger partial charge in [-0.3, -0.25) is 9.69 Å². The number of urea groups is 1. The van der Waals surface area contributed by atoms with Crippen LogP contribution in [-0.4, -0.2) is 82.9 Å². The predicted octanol–water partition coefficient (Wildman–Crippen LogP) is 2.89. The standard InChI is InChI=1S/C18H25N3O3.C2HF3O2/c1-19(2)14-8-10-18(11-9-14)13-20(15-6-4-3-5-7-15)17(24)21(18)12-16(22)23;3-2(4,5)1(6)7/h3-7,14H,8-13H2,1-2H3,(H,22,23);(H,6,7). The van der Waals surface area contributed by atoms with Gasteiger partial charge in [0.15, 0.2) is 0 Å². The van der Waals surface area contributed by atoms with E-state index in [-0.39, 0.29) is 18.1 Å².